The summed E-state index contributed by atoms with van der Waals surface area (Å²) in [4.78, 5) is 28.1. The highest BCUT2D eigenvalue weighted by molar-refractivity contribution is 6.30. The molecule has 1 aromatic carbocycles. The Balaban J connectivity index is 2.13. The van der Waals surface area contributed by atoms with E-state index in [1.165, 1.54) is 18.5 Å². The number of pyridine rings is 1. The van der Waals surface area contributed by atoms with E-state index in [1.807, 2.05) is 13.8 Å². The van der Waals surface area contributed by atoms with Gasteiger partial charge in [-0.15, -0.1) is 0 Å². The van der Waals surface area contributed by atoms with E-state index in [0.29, 0.717) is 21.8 Å². The van der Waals surface area contributed by atoms with E-state index in [1.54, 1.807) is 24.3 Å². The van der Waals surface area contributed by atoms with Gasteiger partial charge in [0.2, 0.25) is 0 Å². The van der Waals surface area contributed by atoms with Crippen LogP contribution in [0.5, 0.6) is 0 Å². The van der Waals surface area contributed by atoms with Crippen molar-refractivity contribution >= 4 is 29.1 Å². The lowest BCUT2D eigenvalue weighted by molar-refractivity contribution is 0.0942. The molecule has 1 heterocycles. The molecule has 0 fully saturated rings. The van der Waals surface area contributed by atoms with Crippen molar-refractivity contribution in [3.8, 4) is 0 Å². The number of nitrogens with one attached hydrogen (secondary N) is 2. The van der Waals surface area contributed by atoms with Crippen molar-refractivity contribution in [2.24, 2.45) is 0 Å². The molecule has 0 bridgehead atoms. The van der Waals surface area contributed by atoms with Gasteiger partial charge in [0.15, 0.2) is 0 Å². The summed E-state index contributed by atoms with van der Waals surface area (Å²) in [5.41, 5.74) is 1.27. The summed E-state index contributed by atoms with van der Waals surface area (Å²) in [5.74, 6) is -0.599. The maximum atomic E-state index is 12.2. The number of aromatic nitrogens is 1. The number of benzene rings is 1. The number of amides is 2. The zero-order valence-electron chi connectivity index (χ0n) is 12.3. The first kappa shape index (κ1) is 16.0. The Morgan fingerprint density at radius 3 is 2.23 bits per heavy atom. The van der Waals surface area contributed by atoms with Crippen LogP contribution in [0, 0.1) is 0 Å². The van der Waals surface area contributed by atoms with Crippen LogP contribution in [0.15, 0.2) is 42.7 Å². The lowest BCUT2D eigenvalue weighted by Gasteiger charge is -2.09. The molecule has 0 saturated carbocycles. The second kappa shape index (κ2) is 7.04. The van der Waals surface area contributed by atoms with Gasteiger partial charge in [-0.2, -0.15) is 0 Å². The maximum absolute atomic E-state index is 12.2. The van der Waals surface area contributed by atoms with Gasteiger partial charge in [0.25, 0.3) is 11.8 Å². The maximum Gasteiger partial charge on any atom is 0.257 e. The number of halogens is 1. The van der Waals surface area contributed by atoms with Gasteiger partial charge < -0.3 is 10.6 Å². The Kier molecular flexibility index (Phi) is 5.12. The average Bonchev–Trinajstić information content (AvgIpc) is 2.49. The van der Waals surface area contributed by atoms with Crippen LogP contribution in [0.1, 0.15) is 34.6 Å². The number of carbonyl (C=O) groups excluding carboxylic acids is 2. The first-order chi connectivity index (χ1) is 10.5. The smallest absolute Gasteiger partial charge is 0.257 e. The van der Waals surface area contributed by atoms with Crippen molar-refractivity contribution in [1.29, 1.82) is 0 Å². The number of hydrogen-bond acceptors (Lipinski definition) is 3. The minimum absolute atomic E-state index is 0.0130. The highest BCUT2D eigenvalue weighted by atomic mass is 35.5. The van der Waals surface area contributed by atoms with E-state index in [-0.39, 0.29) is 17.9 Å². The Bertz CT molecular complexity index is 684. The van der Waals surface area contributed by atoms with Crippen molar-refractivity contribution in [2.45, 2.75) is 19.9 Å². The third-order valence-electron chi connectivity index (χ3n) is 2.78. The van der Waals surface area contributed by atoms with Crippen molar-refractivity contribution in [3.05, 3.63) is 58.9 Å². The minimum atomic E-state index is -0.339. The molecule has 0 spiro atoms. The summed E-state index contributed by atoms with van der Waals surface area (Å²) in [6, 6.07) is 8.28. The fourth-order valence-electron chi connectivity index (χ4n) is 1.77. The van der Waals surface area contributed by atoms with Gasteiger partial charge in [-0.05, 0) is 44.2 Å². The largest absolute Gasteiger partial charge is 0.350 e. The van der Waals surface area contributed by atoms with Gasteiger partial charge >= 0.3 is 0 Å². The molecule has 0 atom stereocenters. The van der Waals surface area contributed by atoms with Gasteiger partial charge in [-0.1, -0.05) is 11.6 Å². The van der Waals surface area contributed by atoms with Gasteiger partial charge in [-0.3, -0.25) is 14.6 Å². The molecule has 0 aliphatic carbocycles. The second-order valence-corrected chi connectivity index (χ2v) is 5.49. The second-order valence-electron chi connectivity index (χ2n) is 5.05. The highest BCUT2D eigenvalue weighted by Crippen LogP contribution is 2.14. The van der Waals surface area contributed by atoms with Crippen LogP contribution >= 0.6 is 11.6 Å². The first-order valence-electron chi connectivity index (χ1n) is 6.78. The zero-order chi connectivity index (χ0) is 16.1. The van der Waals surface area contributed by atoms with Gasteiger partial charge in [0.1, 0.15) is 0 Å². The van der Waals surface area contributed by atoms with Crippen molar-refractivity contribution in [3.63, 3.8) is 0 Å². The molecule has 0 radical (unpaired) electrons. The fraction of sp³-hybridized carbons (Fsp3) is 0.188. The Hall–Kier alpha value is -2.40. The zero-order valence-corrected chi connectivity index (χ0v) is 13.0. The molecule has 5 nitrogen and oxygen atoms in total. The molecule has 0 saturated heterocycles. The molecule has 2 amide bonds. The van der Waals surface area contributed by atoms with Crippen LogP contribution in [0.25, 0.3) is 0 Å². The van der Waals surface area contributed by atoms with Crippen LogP contribution in [0.2, 0.25) is 5.02 Å². The summed E-state index contributed by atoms with van der Waals surface area (Å²) in [5, 5.41) is 6.07. The predicted octanol–water partition coefficient (Wildman–Crippen LogP) is 3.13. The molecule has 0 aliphatic rings. The quantitative estimate of drug-likeness (QED) is 0.910. The third-order valence-corrected chi connectivity index (χ3v) is 3.04. The highest BCUT2D eigenvalue weighted by Gasteiger charge is 2.12. The average molecular weight is 318 g/mol. The van der Waals surface area contributed by atoms with Crippen molar-refractivity contribution in [2.75, 3.05) is 5.32 Å². The molecule has 1 aromatic heterocycles. The SMILES string of the molecule is CC(C)NC(=O)c1cncc(C(=O)Nc2ccc(Cl)cc2)c1. The van der Waals surface area contributed by atoms with Gasteiger partial charge in [0, 0.05) is 29.1 Å². The summed E-state index contributed by atoms with van der Waals surface area (Å²) < 4.78 is 0. The molecule has 0 aliphatic heterocycles. The summed E-state index contributed by atoms with van der Waals surface area (Å²) in [6.45, 7) is 3.73. The molecular weight excluding hydrogens is 302 g/mol. The van der Waals surface area contributed by atoms with Crippen LogP contribution in [-0.4, -0.2) is 22.8 Å². The number of nitrogens with zero attached hydrogens (tertiary/aromatic N) is 1. The molecule has 22 heavy (non-hydrogen) atoms. The molecular formula is C16H16ClN3O2. The van der Waals surface area contributed by atoms with Gasteiger partial charge in [-0.25, -0.2) is 0 Å². The molecule has 6 heteroatoms. The Morgan fingerprint density at radius 2 is 1.64 bits per heavy atom. The van der Waals surface area contributed by atoms with E-state index in [0.717, 1.165) is 0 Å². The lowest BCUT2D eigenvalue weighted by atomic mass is 10.1. The van der Waals surface area contributed by atoms with Crippen LogP contribution in [0.4, 0.5) is 5.69 Å². The Labute approximate surface area is 133 Å². The van der Waals surface area contributed by atoms with E-state index in [4.69, 9.17) is 11.6 Å². The predicted molar refractivity (Wildman–Crippen MR) is 86.2 cm³/mol. The number of hydrogen-bond donors (Lipinski definition) is 2. The molecule has 114 valence electrons. The van der Waals surface area contributed by atoms with E-state index in [2.05, 4.69) is 15.6 Å². The van der Waals surface area contributed by atoms with Crippen LogP contribution < -0.4 is 10.6 Å². The number of anilines is 1. The minimum Gasteiger partial charge on any atom is -0.350 e. The van der Waals surface area contributed by atoms with E-state index < -0.39 is 0 Å². The lowest BCUT2D eigenvalue weighted by Crippen LogP contribution is -2.30. The topological polar surface area (TPSA) is 71.1 Å². The third kappa shape index (κ3) is 4.30. The molecule has 2 aromatic rings. The van der Waals surface area contributed by atoms with E-state index >= 15 is 0 Å². The first-order valence-corrected chi connectivity index (χ1v) is 7.16. The summed E-state index contributed by atoms with van der Waals surface area (Å²) in [6.07, 6.45) is 2.84. The molecule has 2 N–H and O–H groups in total. The number of carbonyl (C=O) groups is 2. The standard InChI is InChI=1S/C16H16ClN3O2/c1-10(2)19-15(21)11-7-12(9-18-8-11)16(22)20-14-5-3-13(17)4-6-14/h3-10H,1-2H3,(H,19,21)(H,20,22). The van der Waals surface area contributed by atoms with Crippen molar-refractivity contribution in [1.82, 2.24) is 10.3 Å². The molecule has 0 unspecified atom stereocenters. The normalized spacial score (nSPS) is 10.4. The molecule has 2 rings (SSSR count). The summed E-state index contributed by atoms with van der Waals surface area (Å²) in [7, 11) is 0. The summed E-state index contributed by atoms with van der Waals surface area (Å²) >= 11 is 5.80. The number of rotatable bonds is 4. The van der Waals surface area contributed by atoms with E-state index in [9.17, 15) is 9.59 Å². The fourth-order valence-corrected chi connectivity index (χ4v) is 1.90. The van der Waals surface area contributed by atoms with Crippen molar-refractivity contribution < 1.29 is 9.59 Å². The van der Waals surface area contributed by atoms with Gasteiger partial charge in [0.05, 0.1) is 11.1 Å². The Morgan fingerprint density at radius 1 is 1.05 bits per heavy atom. The van der Waals surface area contributed by atoms with Crippen LogP contribution in [0.3, 0.4) is 0 Å². The van der Waals surface area contributed by atoms with Crippen LogP contribution in [-0.2, 0) is 0 Å². The monoisotopic (exact) mass is 317 g/mol.